The number of hydrogen-bond acceptors (Lipinski definition) is 3. The van der Waals surface area contributed by atoms with E-state index in [9.17, 15) is 9.00 Å². The lowest BCUT2D eigenvalue weighted by Gasteiger charge is -2.06. The number of amides is 1. The molecule has 3 nitrogen and oxygen atoms in total. The van der Waals surface area contributed by atoms with Gasteiger partial charge in [-0.15, -0.1) is 11.3 Å². The van der Waals surface area contributed by atoms with Gasteiger partial charge in [-0.25, -0.2) is 0 Å². The van der Waals surface area contributed by atoms with Gasteiger partial charge in [0.2, 0.25) is 0 Å². The van der Waals surface area contributed by atoms with Crippen molar-refractivity contribution in [2.75, 3.05) is 11.6 Å². The van der Waals surface area contributed by atoms with Crippen molar-refractivity contribution in [3.8, 4) is 0 Å². The molecule has 0 fully saturated rings. The molecular weight excluding hydrogens is 278 g/mol. The summed E-state index contributed by atoms with van der Waals surface area (Å²) in [5.74, 6) is -0.106. The topological polar surface area (TPSA) is 46.2 Å². The molecule has 0 aliphatic heterocycles. The molecule has 5 heteroatoms. The SMILES string of the molecule is CCc1ccsc1C(=O)Nc1cccc(S(C)=O)c1. The van der Waals surface area contributed by atoms with Crippen LogP contribution in [0.2, 0.25) is 0 Å². The maximum Gasteiger partial charge on any atom is 0.266 e. The quantitative estimate of drug-likeness (QED) is 0.940. The van der Waals surface area contributed by atoms with E-state index in [1.54, 1.807) is 30.5 Å². The van der Waals surface area contributed by atoms with E-state index in [-0.39, 0.29) is 5.91 Å². The Kier molecular flexibility index (Phi) is 4.50. The van der Waals surface area contributed by atoms with Gasteiger partial charge >= 0.3 is 0 Å². The number of nitrogens with one attached hydrogen (secondary N) is 1. The van der Waals surface area contributed by atoms with Gasteiger partial charge in [0.25, 0.3) is 5.91 Å². The van der Waals surface area contributed by atoms with Crippen LogP contribution in [0.5, 0.6) is 0 Å². The second kappa shape index (κ2) is 6.12. The summed E-state index contributed by atoms with van der Waals surface area (Å²) >= 11 is 1.44. The number of benzene rings is 1. The average Bonchev–Trinajstić information content (AvgIpc) is 2.87. The van der Waals surface area contributed by atoms with Crippen molar-refractivity contribution in [1.29, 1.82) is 0 Å². The molecule has 2 aromatic rings. The summed E-state index contributed by atoms with van der Waals surface area (Å²) in [6.07, 6.45) is 2.46. The molecule has 1 amide bonds. The van der Waals surface area contributed by atoms with E-state index in [1.807, 2.05) is 18.4 Å². The van der Waals surface area contributed by atoms with E-state index in [0.29, 0.717) is 10.6 Å². The lowest BCUT2D eigenvalue weighted by molar-refractivity contribution is 0.103. The van der Waals surface area contributed by atoms with Gasteiger partial charge in [0.05, 0.1) is 4.88 Å². The minimum Gasteiger partial charge on any atom is -0.321 e. The van der Waals surface area contributed by atoms with Crippen LogP contribution in [0.3, 0.4) is 0 Å². The summed E-state index contributed by atoms with van der Waals surface area (Å²) in [5, 5.41) is 4.77. The molecule has 0 saturated carbocycles. The lowest BCUT2D eigenvalue weighted by atomic mass is 10.2. The molecule has 0 aliphatic carbocycles. The highest BCUT2D eigenvalue weighted by Crippen LogP contribution is 2.20. The average molecular weight is 293 g/mol. The molecule has 1 aromatic heterocycles. The summed E-state index contributed by atoms with van der Waals surface area (Å²) < 4.78 is 11.4. The zero-order valence-corrected chi connectivity index (χ0v) is 12.4. The third-order valence-electron chi connectivity index (χ3n) is 2.76. The molecule has 1 atom stereocenters. The van der Waals surface area contributed by atoms with Crippen molar-refractivity contribution >= 4 is 33.7 Å². The first kappa shape index (κ1) is 14.0. The van der Waals surface area contributed by atoms with Gasteiger partial charge in [-0.1, -0.05) is 13.0 Å². The number of thiophene rings is 1. The van der Waals surface area contributed by atoms with Crippen LogP contribution in [0.15, 0.2) is 40.6 Å². The fourth-order valence-corrected chi connectivity index (χ4v) is 3.21. The fourth-order valence-electron chi connectivity index (χ4n) is 1.75. The van der Waals surface area contributed by atoms with E-state index < -0.39 is 10.8 Å². The van der Waals surface area contributed by atoms with Crippen molar-refractivity contribution in [1.82, 2.24) is 0 Å². The lowest BCUT2D eigenvalue weighted by Crippen LogP contribution is -2.12. The molecule has 2 rings (SSSR count). The minimum atomic E-state index is -1.05. The zero-order valence-electron chi connectivity index (χ0n) is 10.8. The highest BCUT2D eigenvalue weighted by Gasteiger charge is 2.12. The number of aryl methyl sites for hydroxylation is 1. The molecule has 0 bridgehead atoms. The maximum atomic E-state index is 12.2. The Morgan fingerprint density at radius 3 is 2.84 bits per heavy atom. The smallest absolute Gasteiger partial charge is 0.266 e. The van der Waals surface area contributed by atoms with Crippen LogP contribution in [-0.2, 0) is 17.2 Å². The number of anilines is 1. The van der Waals surface area contributed by atoms with Crippen LogP contribution in [0.25, 0.3) is 0 Å². The molecule has 1 heterocycles. The van der Waals surface area contributed by atoms with E-state index in [4.69, 9.17) is 0 Å². The van der Waals surface area contributed by atoms with Gasteiger partial charge in [0.1, 0.15) is 0 Å². The Morgan fingerprint density at radius 2 is 2.16 bits per heavy atom. The second-order valence-electron chi connectivity index (χ2n) is 4.06. The molecule has 0 spiro atoms. The molecule has 1 N–H and O–H groups in total. The first-order chi connectivity index (χ1) is 9.11. The van der Waals surface area contributed by atoms with Crippen LogP contribution in [0, 0.1) is 0 Å². The number of carbonyl (C=O) groups excluding carboxylic acids is 1. The number of rotatable bonds is 4. The fraction of sp³-hybridized carbons (Fsp3) is 0.214. The van der Waals surface area contributed by atoms with Gasteiger partial charge in [-0.05, 0) is 41.6 Å². The van der Waals surface area contributed by atoms with Crippen molar-refractivity contribution in [3.05, 3.63) is 46.2 Å². The Hall–Kier alpha value is -1.46. The normalized spacial score (nSPS) is 12.1. The van der Waals surface area contributed by atoms with Crippen molar-refractivity contribution in [2.24, 2.45) is 0 Å². The summed E-state index contributed by atoms with van der Waals surface area (Å²) in [7, 11) is -1.05. The van der Waals surface area contributed by atoms with Crippen LogP contribution in [0.4, 0.5) is 5.69 Å². The largest absolute Gasteiger partial charge is 0.321 e. The van der Waals surface area contributed by atoms with Crippen LogP contribution in [-0.4, -0.2) is 16.4 Å². The van der Waals surface area contributed by atoms with Crippen LogP contribution >= 0.6 is 11.3 Å². The molecule has 1 aromatic carbocycles. The maximum absolute atomic E-state index is 12.2. The van der Waals surface area contributed by atoms with Gasteiger partial charge in [-0.2, -0.15) is 0 Å². The Bertz CT molecular complexity index is 619. The molecule has 0 saturated heterocycles. The number of hydrogen-bond donors (Lipinski definition) is 1. The summed E-state index contributed by atoms with van der Waals surface area (Å²) in [5.41, 5.74) is 1.73. The van der Waals surface area contributed by atoms with E-state index in [2.05, 4.69) is 5.32 Å². The van der Waals surface area contributed by atoms with Crippen molar-refractivity contribution in [2.45, 2.75) is 18.2 Å². The highest BCUT2D eigenvalue weighted by atomic mass is 32.2. The Balaban J connectivity index is 2.19. The van der Waals surface area contributed by atoms with Gasteiger partial charge in [-0.3, -0.25) is 9.00 Å². The predicted molar refractivity (Wildman–Crippen MR) is 80.4 cm³/mol. The van der Waals surface area contributed by atoms with Crippen LogP contribution in [0.1, 0.15) is 22.2 Å². The van der Waals surface area contributed by atoms with Crippen molar-refractivity contribution in [3.63, 3.8) is 0 Å². The second-order valence-corrected chi connectivity index (χ2v) is 6.36. The van der Waals surface area contributed by atoms with E-state index in [1.165, 1.54) is 11.3 Å². The summed E-state index contributed by atoms with van der Waals surface area (Å²) in [6, 6.07) is 9.09. The van der Waals surface area contributed by atoms with Gasteiger partial charge in [0.15, 0.2) is 0 Å². The number of carbonyl (C=O) groups is 1. The van der Waals surface area contributed by atoms with Crippen LogP contribution < -0.4 is 5.32 Å². The molecule has 1 unspecified atom stereocenters. The highest BCUT2D eigenvalue weighted by molar-refractivity contribution is 7.84. The first-order valence-corrected chi connectivity index (χ1v) is 8.36. The minimum absolute atomic E-state index is 0.106. The third kappa shape index (κ3) is 3.30. The monoisotopic (exact) mass is 293 g/mol. The van der Waals surface area contributed by atoms with E-state index >= 15 is 0 Å². The Morgan fingerprint density at radius 1 is 1.37 bits per heavy atom. The first-order valence-electron chi connectivity index (χ1n) is 5.93. The summed E-state index contributed by atoms with van der Waals surface area (Å²) in [6.45, 7) is 2.03. The molecule has 0 radical (unpaired) electrons. The molecule has 100 valence electrons. The Labute approximate surface area is 119 Å². The van der Waals surface area contributed by atoms with E-state index in [0.717, 1.165) is 16.9 Å². The molecular formula is C14H15NO2S2. The molecule has 0 aliphatic rings. The predicted octanol–water partition coefficient (Wildman–Crippen LogP) is 3.30. The third-order valence-corrected chi connectivity index (χ3v) is 4.63. The van der Waals surface area contributed by atoms with Gasteiger partial charge in [0, 0.05) is 27.6 Å². The van der Waals surface area contributed by atoms with Gasteiger partial charge < -0.3 is 5.32 Å². The molecule has 19 heavy (non-hydrogen) atoms. The summed E-state index contributed by atoms with van der Waals surface area (Å²) in [4.78, 5) is 13.6. The standard InChI is InChI=1S/C14H15NO2S2/c1-3-10-7-8-18-13(10)14(16)15-11-5-4-6-12(9-11)19(2)17/h4-9H,3H2,1-2H3,(H,15,16). The van der Waals surface area contributed by atoms with Crippen molar-refractivity contribution < 1.29 is 9.00 Å². The zero-order chi connectivity index (χ0) is 13.8.